The molecule has 0 fully saturated rings. The predicted octanol–water partition coefficient (Wildman–Crippen LogP) is 1.67. The fourth-order valence-corrected chi connectivity index (χ4v) is 1.45. The first-order valence-corrected chi connectivity index (χ1v) is 6.02. The van der Waals surface area contributed by atoms with Crippen LogP contribution < -0.4 is 5.32 Å². The van der Waals surface area contributed by atoms with E-state index in [1.165, 1.54) is 0 Å². The van der Waals surface area contributed by atoms with Gasteiger partial charge < -0.3 is 15.2 Å². The van der Waals surface area contributed by atoms with E-state index in [0.717, 1.165) is 5.56 Å². The molecule has 19 heavy (non-hydrogen) atoms. The smallest absolute Gasteiger partial charge is 0.320 e. The lowest BCUT2D eigenvalue weighted by Crippen LogP contribution is -2.38. The average molecular weight is 267 g/mol. The molecule has 1 aromatic rings. The van der Waals surface area contributed by atoms with Crippen LogP contribution >= 0.6 is 0 Å². The summed E-state index contributed by atoms with van der Waals surface area (Å²) >= 11 is 0. The molecule has 1 rings (SSSR count). The maximum atomic E-state index is 10.3. The highest BCUT2D eigenvalue weighted by atomic mass is 16.5. The van der Waals surface area contributed by atoms with Gasteiger partial charge in [0.25, 0.3) is 6.47 Å². The monoisotopic (exact) mass is 267 g/mol. The first-order valence-electron chi connectivity index (χ1n) is 6.02. The van der Waals surface area contributed by atoms with Crippen molar-refractivity contribution in [1.82, 2.24) is 5.32 Å². The quantitative estimate of drug-likeness (QED) is 0.767. The van der Waals surface area contributed by atoms with Crippen LogP contribution in [0.25, 0.3) is 0 Å². The summed E-state index contributed by atoms with van der Waals surface area (Å²) in [7, 11) is 1.65. The number of nitrogens with one attached hydrogen (secondary N) is 1. The van der Waals surface area contributed by atoms with Crippen molar-refractivity contribution in [3.8, 4) is 0 Å². The van der Waals surface area contributed by atoms with Crippen molar-refractivity contribution in [3.63, 3.8) is 0 Å². The molecule has 5 nitrogen and oxygen atoms in total. The maximum Gasteiger partial charge on any atom is 0.320 e. The Kier molecular flexibility index (Phi) is 9.08. The zero-order valence-corrected chi connectivity index (χ0v) is 11.5. The zero-order valence-electron chi connectivity index (χ0n) is 11.5. The number of hydrogen-bond acceptors (Lipinski definition) is 4. The molecular weight excluding hydrogens is 246 g/mol. The molecular formula is C14H21NO4. The normalized spacial score (nSPS) is 11.2. The molecule has 0 radical (unpaired) electrons. The Morgan fingerprint density at radius 1 is 1.37 bits per heavy atom. The number of carbonyl (C=O) groups is 2. The van der Waals surface area contributed by atoms with Crippen LogP contribution in [0.5, 0.6) is 0 Å². The second-order valence-electron chi connectivity index (χ2n) is 4.24. The summed E-state index contributed by atoms with van der Waals surface area (Å²) in [6, 6.07) is 9.13. The zero-order chi connectivity index (χ0) is 14.7. The van der Waals surface area contributed by atoms with E-state index in [4.69, 9.17) is 5.11 Å². The van der Waals surface area contributed by atoms with Gasteiger partial charge in [0.1, 0.15) is 12.6 Å². The van der Waals surface area contributed by atoms with Gasteiger partial charge in [0.15, 0.2) is 0 Å². The summed E-state index contributed by atoms with van der Waals surface area (Å²) in [5.41, 5.74) is 1.01. The minimum Gasteiger partial charge on any atom is -0.480 e. The molecule has 0 saturated carbocycles. The molecule has 0 aliphatic rings. The molecule has 2 N–H and O–H groups in total. The van der Waals surface area contributed by atoms with Gasteiger partial charge in [-0.05, 0) is 18.5 Å². The van der Waals surface area contributed by atoms with E-state index in [0.29, 0.717) is 13.1 Å². The summed E-state index contributed by atoms with van der Waals surface area (Å²) in [6.07, 6.45) is 0. The van der Waals surface area contributed by atoms with Gasteiger partial charge in [-0.2, -0.15) is 0 Å². The van der Waals surface area contributed by atoms with E-state index in [-0.39, 0.29) is 5.92 Å². The third-order valence-electron chi connectivity index (χ3n) is 2.40. The SMILES string of the molecule is CNC(C(=O)O)C(C)C.O=COCc1ccccc1. The van der Waals surface area contributed by atoms with E-state index in [1.807, 2.05) is 44.2 Å². The summed E-state index contributed by atoms with van der Waals surface area (Å²) in [5, 5.41) is 11.2. The van der Waals surface area contributed by atoms with Crippen LogP contribution in [-0.2, 0) is 20.9 Å². The summed E-state index contributed by atoms with van der Waals surface area (Å²) in [5.74, 6) is -0.639. The van der Waals surface area contributed by atoms with E-state index >= 15 is 0 Å². The fraction of sp³-hybridized carbons (Fsp3) is 0.429. The highest BCUT2D eigenvalue weighted by Crippen LogP contribution is 1.99. The predicted molar refractivity (Wildman–Crippen MR) is 72.6 cm³/mol. The van der Waals surface area contributed by atoms with Gasteiger partial charge >= 0.3 is 5.97 Å². The van der Waals surface area contributed by atoms with E-state index in [1.54, 1.807) is 7.05 Å². The van der Waals surface area contributed by atoms with Crippen LogP contribution in [0.1, 0.15) is 19.4 Å². The van der Waals surface area contributed by atoms with Crippen molar-refractivity contribution in [2.75, 3.05) is 7.05 Å². The second kappa shape index (κ2) is 10.1. The van der Waals surface area contributed by atoms with E-state index in [9.17, 15) is 9.59 Å². The third kappa shape index (κ3) is 7.94. The lowest BCUT2D eigenvalue weighted by molar-refractivity contribution is -0.140. The molecule has 0 heterocycles. The van der Waals surface area contributed by atoms with Gasteiger partial charge in [-0.15, -0.1) is 0 Å². The number of carboxylic acids is 1. The largest absolute Gasteiger partial charge is 0.480 e. The Labute approximate surface area is 113 Å². The molecule has 1 atom stereocenters. The van der Waals surface area contributed by atoms with Crippen LogP contribution in [0.2, 0.25) is 0 Å². The minimum atomic E-state index is -0.785. The standard InChI is InChI=1S/C8H8O2.C6H13NO2/c9-7-10-6-8-4-2-1-3-5-8;1-4(2)5(7-3)6(8)9/h1-5,7H,6H2;4-5,7H,1-3H3,(H,8,9). The van der Waals surface area contributed by atoms with Gasteiger partial charge in [0.2, 0.25) is 0 Å². The van der Waals surface area contributed by atoms with E-state index in [2.05, 4.69) is 10.1 Å². The van der Waals surface area contributed by atoms with Crippen LogP contribution in [0.4, 0.5) is 0 Å². The summed E-state index contributed by atoms with van der Waals surface area (Å²) < 4.78 is 4.54. The fourth-order valence-electron chi connectivity index (χ4n) is 1.45. The molecule has 0 aliphatic heterocycles. The molecule has 5 heteroatoms. The molecule has 0 spiro atoms. The Morgan fingerprint density at radius 2 is 1.95 bits per heavy atom. The minimum absolute atomic E-state index is 0.146. The summed E-state index contributed by atoms with van der Waals surface area (Å²) in [4.78, 5) is 20.1. The number of aliphatic carboxylic acids is 1. The van der Waals surface area contributed by atoms with Gasteiger partial charge in [-0.25, -0.2) is 0 Å². The van der Waals surface area contributed by atoms with Crippen LogP contribution in [0, 0.1) is 5.92 Å². The van der Waals surface area contributed by atoms with Crippen molar-refractivity contribution < 1.29 is 19.4 Å². The molecule has 0 bridgehead atoms. The molecule has 1 aromatic carbocycles. The Morgan fingerprint density at radius 3 is 2.26 bits per heavy atom. The van der Waals surface area contributed by atoms with Gasteiger partial charge in [0.05, 0.1) is 0 Å². The van der Waals surface area contributed by atoms with Crippen LogP contribution in [0.15, 0.2) is 30.3 Å². The molecule has 1 unspecified atom stereocenters. The van der Waals surface area contributed by atoms with Crippen molar-refractivity contribution in [3.05, 3.63) is 35.9 Å². The number of ether oxygens (including phenoxy) is 1. The molecule has 0 amide bonds. The first kappa shape index (κ1) is 17.1. The Bertz CT molecular complexity index is 365. The number of carboxylic acid groups (broad SMARTS) is 1. The summed E-state index contributed by atoms with van der Waals surface area (Å²) in [6.45, 7) is 4.56. The second-order valence-corrected chi connectivity index (χ2v) is 4.24. The maximum absolute atomic E-state index is 10.3. The van der Waals surface area contributed by atoms with Crippen molar-refractivity contribution >= 4 is 12.4 Å². The molecule has 0 aromatic heterocycles. The number of benzene rings is 1. The molecule has 0 aliphatic carbocycles. The topological polar surface area (TPSA) is 75.6 Å². The van der Waals surface area contributed by atoms with Gasteiger partial charge in [-0.1, -0.05) is 44.2 Å². The number of hydrogen-bond donors (Lipinski definition) is 2. The van der Waals surface area contributed by atoms with Crippen LogP contribution in [0.3, 0.4) is 0 Å². The van der Waals surface area contributed by atoms with Gasteiger partial charge in [0, 0.05) is 0 Å². The average Bonchev–Trinajstić information content (AvgIpc) is 2.38. The third-order valence-corrected chi connectivity index (χ3v) is 2.40. The molecule has 0 saturated heterocycles. The Hall–Kier alpha value is -1.88. The van der Waals surface area contributed by atoms with Crippen molar-refractivity contribution in [2.24, 2.45) is 5.92 Å². The number of likely N-dealkylation sites (N-methyl/N-ethyl adjacent to an activating group) is 1. The Balaban J connectivity index is 0.000000344. The van der Waals surface area contributed by atoms with Crippen molar-refractivity contribution in [2.45, 2.75) is 26.5 Å². The highest BCUT2D eigenvalue weighted by molar-refractivity contribution is 5.73. The number of carbonyl (C=O) groups excluding carboxylic acids is 1. The molecule has 106 valence electrons. The first-order chi connectivity index (χ1) is 9.02. The van der Waals surface area contributed by atoms with Crippen molar-refractivity contribution in [1.29, 1.82) is 0 Å². The van der Waals surface area contributed by atoms with Crippen LogP contribution in [-0.4, -0.2) is 30.6 Å². The lowest BCUT2D eigenvalue weighted by Gasteiger charge is -2.13. The van der Waals surface area contributed by atoms with E-state index < -0.39 is 12.0 Å². The lowest BCUT2D eigenvalue weighted by atomic mass is 10.1. The number of rotatable bonds is 6. The highest BCUT2D eigenvalue weighted by Gasteiger charge is 2.17. The van der Waals surface area contributed by atoms with Gasteiger partial charge in [-0.3, -0.25) is 9.59 Å².